The zero-order chi connectivity index (χ0) is 11.3. The average molecular weight is 209 g/mol. The first-order valence-electron chi connectivity index (χ1n) is 5.47. The lowest BCUT2D eigenvalue weighted by Gasteiger charge is -2.11. The van der Waals surface area contributed by atoms with Gasteiger partial charge in [-0.3, -0.25) is 4.79 Å². The van der Waals surface area contributed by atoms with Gasteiger partial charge in [-0.1, -0.05) is 6.92 Å². The molecule has 15 heavy (non-hydrogen) atoms. The molecule has 1 aromatic rings. The highest BCUT2D eigenvalue weighted by Gasteiger charge is 2.01. The van der Waals surface area contributed by atoms with Gasteiger partial charge in [-0.2, -0.15) is 5.10 Å². The Morgan fingerprint density at radius 3 is 2.80 bits per heavy atom. The molecule has 0 spiro atoms. The minimum atomic E-state index is -0.0372. The highest BCUT2D eigenvalue weighted by molar-refractivity contribution is 5.00. The molecule has 1 rings (SSSR count). The Balaban J connectivity index is 2.66. The number of rotatable bonds is 5. The van der Waals surface area contributed by atoms with Crippen LogP contribution >= 0.6 is 0 Å². The van der Waals surface area contributed by atoms with Gasteiger partial charge in [-0.05, 0) is 26.3 Å². The van der Waals surface area contributed by atoms with Gasteiger partial charge in [0.25, 0.3) is 5.56 Å². The fraction of sp³-hybridized carbons (Fsp3) is 0.636. The number of nitrogens with one attached hydrogen (secondary N) is 1. The largest absolute Gasteiger partial charge is 0.309 e. The highest BCUT2D eigenvalue weighted by Crippen LogP contribution is 1.94. The molecule has 0 aliphatic rings. The molecule has 0 amide bonds. The van der Waals surface area contributed by atoms with Crippen LogP contribution in [-0.4, -0.2) is 15.8 Å². The van der Waals surface area contributed by atoms with Crippen molar-refractivity contribution >= 4 is 0 Å². The lowest BCUT2D eigenvalue weighted by Crippen LogP contribution is -2.28. The molecule has 1 heterocycles. The van der Waals surface area contributed by atoms with Crippen LogP contribution in [0, 0.1) is 0 Å². The van der Waals surface area contributed by atoms with Crippen LogP contribution in [0.25, 0.3) is 0 Å². The molecule has 0 saturated heterocycles. The van der Waals surface area contributed by atoms with Crippen LogP contribution < -0.4 is 10.9 Å². The number of hydrogen-bond acceptors (Lipinski definition) is 3. The Morgan fingerprint density at radius 2 is 2.20 bits per heavy atom. The summed E-state index contributed by atoms with van der Waals surface area (Å²) in [7, 11) is 0. The Bertz CT molecular complexity index is 359. The third kappa shape index (κ3) is 3.47. The smallest absolute Gasteiger partial charge is 0.266 e. The number of hydrogen-bond donors (Lipinski definition) is 1. The second kappa shape index (κ2) is 5.66. The van der Waals surface area contributed by atoms with Gasteiger partial charge in [-0.15, -0.1) is 0 Å². The van der Waals surface area contributed by atoms with Crippen molar-refractivity contribution in [1.29, 1.82) is 0 Å². The maximum absolute atomic E-state index is 11.3. The second-order valence-electron chi connectivity index (χ2n) is 3.67. The molecule has 1 aromatic heterocycles. The first-order chi connectivity index (χ1) is 7.17. The van der Waals surface area contributed by atoms with E-state index in [2.05, 4.69) is 24.3 Å². The summed E-state index contributed by atoms with van der Waals surface area (Å²) in [5, 5.41) is 7.58. The van der Waals surface area contributed by atoms with Gasteiger partial charge in [0.2, 0.25) is 0 Å². The molecule has 84 valence electrons. The van der Waals surface area contributed by atoms with Crippen molar-refractivity contribution in [2.24, 2.45) is 0 Å². The van der Waals surface area contributed by atoms with E-state index in [4.69, 9.17) is 0 Å². The third-order valence-electron chi connectivity index (χ3n) is 2.47. The van der Waals surface area contributed by atoms with Crippen molar-refractivity contribution in [3.8, 4) is 0 Å². The highest BCUT2D eigenvalue weighted by atomic mass is 16.1. The maximum atomic E-state index is 11.3. The zero-order valence-electron chi connectivity index (χ0n) is 9.66. The molecule has 0 aliphatic carbocycles. The fourth-order valence-corrected chi connectivity index (χ4v) is 1.24. The molecule has 0 bridgehead atoms. The Morgan fingerprint density at radius 1 is 1.47 bits per heavy atom. The molecule has 0 aromatic carbocycles. The third-order valence-corrected chi connectivity index (χ3v) is 2.47. The molecule has 1 unspecified atom stereocenters. The number of aryl methyl sites for hydroxylation is 1. The Labute approximate surface area is 90.3 Å². The number of aromatic nitrogens is 2. The normalized spacial score (nSPS) is 12.7. The van der Waals surface area contributed by atoms with Crippen LogP contribution in [0.15, 0.2) is 16.9 Å². The van der Waals surface area contributed by atoms with E-state index >= 15 is 0 Å². The van der Waals surface area contributed by atoms with Gasteiger partial charge >= 0.3 is 0 Å². The van der Waals surface area contributed by atoms with Crippen LogP contribution in [0.1, 0.15) is 32.9 Å². The molecule has 0 saturated carbocycles. The molecule has 4 heteroatoms. The quantitative estimate of drug-likeness (QED) is 0.791. The van der Waals surface area contributed by atoms with Crippen LogP contribution in [0.4, 0.5) is 0 Å². The summed E-state index contributed by atoms with van der Waals surface area (Å²) in [6.07, 6.45) is 1.09. The predicted molar refractivity (Wildman–Crippen MR) is 60.8 cm³/mol. The van der Waals surface area contributed by atoms with Crippen LogP contribution in [-0.2, 0) is 13.1 Å². The van der Waals surface area contributed by atoms with Gasteiger partial charge in [0, 0.05) is 25.2 Å². The summed E-state index contributed by atoms with van der Waals surface area (Å²) in [5.41, 5.74) is 0.876. The van der Waals surface area contributed by atoms with E-state index in [9.17, 15) is 4.79 Å². The molecule has 4 nitrogen and oxygen atoms in total. The fourth-order valence-electron chi connectivity index (χ4n) is 1.24. The SMILES string of the molecule is CCC(C)NCc1ccc(=O)n(CC)n1. The summed E-state index contributed by atoms with van der Waals surface area (Å²) in [5.74, 6) is 0. The van der Waals surface area contributed by atoms with Gasteiger partial charge in [0.05, 0.1) is 5.69 Å². The van der Waals surface area contributed by atoms with Crippen molar-refractivity contribution in [3.63, 3.8) is 0 Å². The lowest BCUT2D eigenvalue weighted by molar-refractivity contribution is 0.512. The van der Waals surface area contributed by atoms with Crippen molar-refractivity contribution in [2.75, 3.05) is 0 Å². The van der Waals surface area contributed by atoms with E-state index < -0.39 is 0 Å². The summed E-state index contributed by atoms with van der Waals surface area (Å²) >= 11 is 0. The topological polar surface area (TPSA) is 46.9 Å². The predicted octanol–water partition coefficient (Wildman–Crippen LogP) is 1.15. The molecular weight excluding hydrogens is 190 g/mol. The van der Waals surface area contributed by atoms with Crippen molar-refractivity contribution < 1.29 is 0 Å². The summed E-state index contributed by atoms with van der Waals surface area (Å²) < 4.78 is 1.48. The first-order valence-corrected chi connectivity index (χ1v) is 5.47. The first kappa shape index (κ1) is 11.9. The van der Waals surface area contributed by atoms with E-state index in [0.29, 0.717) is 12.6 Å². The van der Waals surface area contributed by atoms with Gasteiger partial charge < -0.3 is 5.32 Å². The minimum absolute atomic E-state index is 0.0372. The van der Waals surface area contributed by atoms with E-state index in [1.54, 1.807) is 12.1 Å². The van der Waals surface area contributed by atoms with Crippen LogP contribution in [0.5, 0.6) is 0 Å². The van der Waals surface area contributed by atoms with Crippen molar-refractivity contribution in [3.05, 3.63) is 28.2 Å². The monoisotopic (exact) mass is 209 g/mol. The molecule has 1 atom stereocenters. The Kier molecular flexibility index (Phi) is 4.49. The Hall–Kier alpha value is -1.16. The standard InChI is InChI=1S/C11H19N3O/c1-4-9(3)12-8-10-6-7-11(15)14(5-2)13-10/h6-7,9,12H,4-5,8H2,1-3H3. The molecule has 0 aliphatic heterocycles. The minimum Gasteiger partial charge on any atom is -0.309 e. The zero-order valence-corrected chi connectivity index (χ0v) is 9.66. The molecule has 1 N–H and O–H groups in total. The molecular formula is C11H19N3O. The maximum Gasteiger partial charge on any atom is 0.266 e. The molecule has 0 radical (unpaired) electrons. The summed E-state index contributed by atoms with van der Waals surface area (Å²) in [6, 6.07) is 3.84. The summed E-state index contributed by atoms with van der Waals surface area (Å²) in [6.45, 7) is 7.53. The van der Waals surface area contributed by atoms with E-state index in [1.165, 1.54) is 4.68 Å². The van der Waals surface area contributed by atoms with E-state index in [-0.39, 0.29) is 5.56 Å². The molecule has 0 fully saturated rings. The van der Waals surface area contributed by atoms with Gasteiger partial charge in [-0.25, -0.2) is 4.68 Å². The van der Waals surface area contributed by atoms with Crippen molar-refractivity contribution in [2.45, 2.75) is 46.3 Å². The van der Waals surface area contributed by atoms with Crippen molar-refractivity contribution in [1.82, 2.24) is 15.1 Å². The summed E-state index contributed by atoms with van der Waals surface area (Å²) in [4.78, 5) is 11.3. The van der Waals surface area contributed by atoms with E-state index in [1.807, 2.05) is 6.92 Å². The lowest BCUT2D eigenvalue weighted by atomic mass is 10.2. The second-order valence-corrected chi connectivity index (χ2v) is 3.67. The van der Waals surface area contributed by atoms with Gasteiger partial charge in [0.1, 0.15) is 0 Å². The number of nitrogens with zero attached hydrogens (tertiary/aromatic N) is 2. The van der Waals surface area contributed by atoms with Crippen LogP contribution in [0.3, 0.4) is 0 Å². The van der Waals surface area contributed by atoms with E-state index in [0.717, 1.165) is 18.7 Å². The van der Waals surface area contributed by atoms with Crippen LogP contribution in [0.2, 0.25) is 0 Å². The van der Waals surface area contributed by atoms with Gasteiger partial charge in [0.15, 0.2) is 0 Å². The average Bonchev–Trinajstić information content (AvgIpc) is 2.27.